The molecule has 1 saturated carbocycles. The first-order valence-electron chi connectivity index (χ1n) is 15.1. The number of anilines is 3. The van der Waals surface area contributed by atoms with Crippen LogP contribution in [-0.2, 0) is 9.59 Å². The van der Waals surface area contributed by atoms with Gasteiger partial charge in [-0.2, -0.15) is 0 Å². The van der Waals surface area contributed by atoms with E-state index in [1.165, 1.54) is 18.9 Å². The molecule has 1 aromatic carbocycles. The predicted octanol–water partition coefficient (Wildman–Crippen LogP) is 4.47. The van der Waals surface area contributed by atoms with Crippen molar-refractivity contribution in [3.63, 3.8) is 0 Å². The normalized spacial score (nSPS) is 18.4. The standard InChI is InChI=1S/C32H39N7O3/c1-3-30(40)38-16-14-37(15-17-38)29-19-26-27(20-33-29)34-21-35-31(26)36-24-8-9-28(22(2)18-24)42-25-10-12-39(13-11-25)32(41)23-6-4-5-7-23/h3,8-9,18-21,23,25H,1,4-7,10-17H2,2H3,(H,34,35,36). The molecule has 3 aromatic rings. The predicted molar refractivity (Wildman–Crippen MR) is 163 cm³/mol. The summed E-state index contributed by atoms with van der Waals surface area (Å²) in [5.41, 5.74) is 2.70. The molecule has 1 N–H and O–H groups in total. The first-order chi connectivity index (χ1) is 20.5. The Hall–Kier alpha value is -4.21. The highest BCUT2D eigenvalue weighted by atomic mass is 16.5. The molecule has 0 radical (unpaired) electrons. The summed E-state index contributed by atoms with van der Waals surface area (Å²) in [6, 6.07) is 8.10. The van der Waals surface area contributed by atoms with Crippen molar-refractivity contribution in [1.29, 1.82) is 0 Å². The number of pyridine rings is 1. The largest absolute Gasteiger partial charge is 0.490 e. The number of likely N-dealkylation sites (tertiary alicyclic amines) is 1. The van der Waals surface area contributed by atoms with Crippen LogP contribution in [0.2, 0.25) is 0 Å². The van der Waals surface area contributed by atoms with Crippen LogP contribution in [0.15, 0.2) is 49.4 Å². The van der Waals surface area contributed by atoms with Crippen LogP contribution in [0.25, 0.3) is 10.9 Å². The SMILES string of the molecule is C=CC(=O)N1CCN(c2cc3c(Nc4ccc(OC5CCN(C(=O)C6CCCC6)CC5)c(C)c4)ncnc3cn2)CC1. The number of aryl methyl sites for hydroxylation is 1. The minimum absolute atomic E-state index is 0.0378. The third-order valence-corrected chi connectivity index (χ3v) is 8.79. The van der Waals surface area contributed by atoms with Gasteiger partial charge in [0.15, 0.2) is 0 Å². The molecular weight excluding hydrogens is 530 g/mol. The number of hydrogen-bond donors (Lipinski definition) is 1. The zero-order valence-electron chi connectivity index (χ0n) is 24.3. The molecule has 220 valence electrons. The number of nitrogens with one attached hydrogen (secondary N) is 1. The molecule has 10 heteroatoms. The molecule has 10 nitrogen and oxygen atoms in total. The maximum Gasteiger partial charge on any atom is 0.246 e. The van der Waals surface area contributed by atoms with Gasteiger partial charge in [-0.3, -0.25) is 9.59 Å². The summed E-state index contributed by atoms with van der Waals surface area (Å²) in [6.07, 6.45) is 11.0. The van der Waals surface area contributed by atoms with E-state index >= 15 is 0 Å². The van der Waals surface area contributed by atoms with E-state index in [0.717, 1.165) is 72.5 Å². The molecule has 4 heterocycles. The van der Waals surface area contributed by atoms with Gasteiger partial charge < -0.3 is 24.8 Å². The van der Waals surface area contributed by atoms with Gasteiger partial charge >= 0.3 is 0 Å². The van der Waals surface area contributed by atoms with Gasteiger partial charge in [-0.05, 0) is 55.7 Å². The number of hydrogen-bond acceptors (Lipinski definition) is 8. The Bertz CT molecular complexity index is 1460. The van der Waals surface area contributed by atoms with Crippen molar-refractivity contribution in [1.82, 2.24) is 24.8 Å². The molecule has 3 fully saturated rings. The fraction of sp³-hybridized carbons (Fsp3) is 0.469. The van der Waals surface area contributed by atoms with Gasteiger partial charge in [0.1, 0.15) is 29.8 Å². The highest BCUT2D eigenvalue weighted by Gasteiger charge is 2.30. The van der Waals surface area contributed by atoms with E-state index in [2.05, 4.69) is 44.7 Å². The van der Waals surface area contributed by atoms with Crippen molar-refractivity contribution >= 4 is 40.0 Å². The highest BCUT2D eigenvalue weighted by molar-refractivity contribution is 5.92. The number of nitrogens with zero attached hydrogens (tertiary/aromatic N) is 6. The Morgan fingerprint density at radius 2 is 1.71 bits per heavy atom. The first-order valence-corrected chi connectivity index (χ1v) is 15.1. The number of piperazine rings is 1. The summed E-state index contributed by atoms with van der Waals surface area (Å²) < 4.78 is 6.39. The van der Waals surface area contributed by atoms with Crippen LogP contribution in [0.1, 0.15) is 44.1 Å². The molecular formula is C32H39N7O3. The van der Waals surface area contributed by atoms with Crippen LogP contribution >= 0.6 is 0 Å². The lowest BCUT2D eigenvalue weighted by Crippen LogP contribution is -2.48. The Balaban J connectivity index is 1.09. The first kappa shape index (κ1) is 27.9. The fourth-order valence-electron chi connectivity index (χ4n) is 6.31. The zero-order chi connectivity index (χ0) is 29.1. The Labute approximate surface area is 246 Å². The number of ether oxygens (including phenoxy) is 1. The molecule has 2 amide bonds. The van der Waals surface area contributed by atoms with Gasteiger partial charge in [-0.15, -0.1) is 0 Å². The van der Waals surface area contributed by atoms with Crippen molar-refractivity contribution in [3.8, 4) is 5.75 Å². The van der Waals surface area contributed by atoms with Crippen LogP contribution in [0.3, 0.4) is 0 Å². The van der Waals surface area contributed by atoms with Crippen molar-refractivity contribution in [2.45, 2.75) is 51.6 Å². The summed E-state index contributed by atoms with van der Waals surface area (Å²) in [6.45, 7) is 9.86. The van der Waals surface area contributed by atoms with E-state index in [9.17, 15) is 9.59 Å². The lowest BCUT2D eigenvalue weighted by Gasteiger charge is -2.35. The summed E-state index contributed by atoms with van der Waals surface area (Å²) in [7, 11) is 0. The Morgan fingerprint density at radius 3 is 2.43 bits per heavy atom. The summed E-state index contributed by atoms with van der Waals surface area (Å²) in [5.74, 6) is 2.96. The van der Waals surface area contributed by atoms with E-state index in [0.29, 0.717) is 37.9 Å². The second-order valence-corrected chi connectivity index (χ2v) is 11.5. The molecule has 1 aliphatic carbocycles. The second kappa shape index (κ2) is 12.3. The Kier molecular flexibility index (Phi) is 8.21. The maximum absolute atomic E-state index is 12.8. The molecule has 42 heavy (non-hydrogen) atoms. The number of rotatable bonds is 7. The van der Waals surface area contributed by atoms with Gasteiger partial charge in [-0.1, -0.05) is 19.4 Å². The van der Waals surface area contributed by atoms with Gasteiger partial charge in [0.25, 0.3) is 0 Å². The van der Waals surface area contributed by atoms with E-state index in [4.69, 9.17) is 4.74 Å². The lowest BCUT2D eigenvalue weighted by molar-refractivity contribution is -0.137. The third kappa shape index (κ3) is 6.03. The van der Waals surface area contributed by atoms with Crippen molar-refractivity contribution in [2.24, 2.45) is 5.92 Å². The Morgan fingerprint density at radius 1 is 0.952 bits per heavy atom. The smallest absolute Gasteiger partial charge is 0.246 e. The molecule has 0 atom stereocenters. The van der Waals surface area contributed by atoms with Crippen molar-refractivity contribution in [3.05, 3.63) is 55.0 Å². The average molecular weight is 570 g/mol. The molecule has 3 aliphatic rings. The third-order valence-electron chi connectivity index (χ3n) is 8.79. The zero-order valence-corrected chi connectivity index (χ0v) is 24.3. The molecule has 2 aliphatic heterocycles. The van der Waals surface area contributed by atoms with Crippen LogP contribution in [0.4, 0.5) is 17.3 Å². The molecule has 6 rings (SSSR count). The maximum atomic E-state index is 12.8. The minimum Gasteiger partial charge on any atom is -0.490 e. The number of benzene rings is 1. The molecule has 0 bridgehead atoms. The van der Waals surface area contributed by atoms with Gasteiger partial charge in [-0.25, -0.2) is 15.0 Å². The van der Waals surface area contributed by atoms with Crippen LogP contribution in [0, 0.1) is 12.8 Å². The number of aromatic nitrogens is 3. The number of amides is 2. The van der Waals surface area contributed by atoms with Crippen molar-refractivity contribution < 1.29 is 14.3 Å². The number of carbonyl (C=O) groups is 2. The molecule has 0 spiro atoms. The number of carbonyl (C=O) groups excluding carboxylic acids is 2. The lowest BCUT2D eigenvalue weighted by atomic mass is 10.0. The topological polar surface area (TPSA) is 104 Å². The highest BCUT2D eigenvalue weighted by Crippen LogP contribution is 2.31. The van der Waals surface area contributed by atoms with Crippen LogP contribution < -0.4 is 15.0 Å². The minimum atomic E-state index is -0.0378. The van der Waals surface area contributed by atoms with E-state index in [1.54, 1.807) is 17.4 Å². The summed E-state index contributed by atoms with van der Waals surface area (Å²) >= 11 is 0. The van der Waals surface area contributed by atoms with E-state index < -0.39 is 0 Å². The number of piperidine rings is 1. The number of fused-ring (bicyclic) bond motifs is 1. The molecule has 2 saturated heterocycles. The fourth-order valence-corrected chi connectivity index (χ4v) is 6.31. The van der Waals surface area contributed by atoms with E-state index in [-0.39, 0.29) is 17.9 Å². The molecule has 0 unspecified atom stereocenters. The summed E-state index contributed by atoms with van der Waals surface area (Å²) in [5, 5.41) is 4.34. The van der Waals surface area contributed by atoms with Crippen LogP contribution in [0.5, 0.6) is 5.75 Å². The monoisotopic (exact) mass is 569 g/mol. The van der Waals surface area contributed by atoms with E-state index in [1.807, 2.05) is 23.1 Å². The van der Waals surface area contributed by atoms with Gasteiger partial charge in [0, 0.05) is 69.1 Å². The second-order valence-electron chi connectivity index (χ2n) is 11.5. The quantitative estimate of drug-likeness (QED) is 0.416. The summed E-state index contributed by atoms with van der Waals surface area (Å²) in [4.78, 5) is 44.3. The van der Waals surface area contributed by atoms with Gasteiger partial charge in [0.2, 0.25) is 11.8 Å². The van der Waals surface area contributed by atoms with Crippen molar-refractivity contribution in [2.75, 3.05) is 49.5 Å². The average Bonchev–Trinajstić information content (AvgIpc) is 3.57. The molecule has 2 aromatic heterocycles. The van der Waals surface area contributed by atoms with Gasteiger partial charge in [0.05, 0.1) is 11.7 Å². The van der Waals surface area contributed by atoms with Crippen LogP contribution in [-0.4, -0.2) is 81.9 Å².